The number of allylic oxidation sites excluding steroid dienone is 1. The zero-order valence-corrected chi connectivity index (χ0v) is 7.88. The van der Waals surface area contributed by atoms with Gasteiger partial charge in [-0.05, 0) is 13.8 Å². The summed E-state index contributed by atoms with van der Waals surface area (Å²) >= 11 is 0. The van der Waals surface area contributed by atoms with Crippen molar-refractivity contribution >= 4 is 6.03 Å². The van der Waals surface area contributed by atoms with Gasteiger partial charge in [-0.2, -0.15) is 0 Å². The first kappa shape index (κ1) is 13.2. The minimum atomic E-state index is -0.833. The standard InChI is InChI=1S/C6H12O2.CH4N2O/c1-5(2)6(7-3)8-4;2-1(3)4/h1-4H3;(H4,2,3,4). The summed E-state index contributed by atoms with van der Waals surface area (Å²) in [6.45, 7) is 3.87. The zero-order valence-electron chi connectivity index (χ0n) is 7.88. The lowest BCUT2D eigenvalue weighted by Crippen LogP contribution is -2.18. The Balaban J connectivity index is 0. The van der Waals surface area contributed by atoms with Crippen LogP contribution in [0.15, 0.2) is 11.5 Å². The summed E-state index contributed by atoms with van der Waals surface area (Å²) in [5.41, 5.74) is 9.55. The van der Waals surface area contributed by atoms with E-state index >= 15 is 0 Å². The third kappa shape index (κ3) is 11.4. The Labute approximate surface area is 72.3 Å². The van der Waals surface area contributed by atoms with Crippen LogP contribution in [0.2, 0.25) is 0 Å². The van der Waals surface area contributed by atoms with Crippen molar-refractivity contribution < 1.29 is 14.3 Å². The van der Waals surface area contributed by atoms with E-state index in [2.05, 4.69) is 11.5 Å². The number of urea groups is 1. The fourth-order valence-electron chi connectivity index (χ4n) is 0.492. The van der Waals surface area contributed by atoms with Crippen molar-refractivity contribution in [1.29, 1.82) is 0 Å². The average molecular weight is 176 g/mol. The summed E-state index contributed by atoms with van der Waals surface area (Å²) in [5, 5.41) is 0. The normalized spacial score (nSPS) is 7.33. The van der Waals surface area contributed by atoms with Gasteiger partial charge < -0.3 is 20.9 Å². The van der Waals surface area contributed by atoms with Crippen LogP contribution < -0.4 is 11.5 Å². The maximum absolute atomic E-state index is 9.00. The Morgan fingerprint density at radius 3 is 1.33 bits per heavy atom. The van der Waals surface area contributed by atoms with Gasteiger partial charge in [-0.3, -0.25) is 0 Å². The molecule has 0 heterocycles. The third-order valence-corrected chi connectivity index (χ3v) is 0.779. The lowest BCUT2D eigenvalue weighted by atomic mass is 10.4. The molecule has 0 aromatic rings. The van der Waals surface area contributed by atoms with Gasteiger partial charge in [0.2, 0.25) is 0 Å². The number of primary amides is 2. The van der Waals surface area contributed by atoms with Crippen molar-refractivity contribution in [2.45, 2.75) is 13.8 Å². The van der Waals surface area contributed by atoms with Crippen LogP contribution in [0, 0.1) is 0 Å². The van der Waals surface area contributed by atoms with E-state index in [9.17, 15) is 0 Å². The van der Waals surface area contributed by atoms with Crippen LogP contribution in [-0.4, -0.2) is 20.3 Å². The van der Waals surface area contributed by atoms with Crippen LogP contribution in [0.1, 0.15) is 13.8 Å². The highest BCUT2D eigenvalue weighted by Gasteiger charge is 1.92. The smallest absolute Gasteiger partial charge is 0.309 e. The van der Waals surface area contributed by atoms with Crippen molar-refractivity contribution in [3.63, 3.8) is 0 Å². The quantitative estimate of drug-likeness (QED) is 0.602. The van der Waals surface area contributed by atoms with E-state index in [1.807, 2.05) is 13.8 Å². The Bertz CT molecular complexity index is 152. The van der Waals surface area contributed by atoms with Crippen molar-refractivity contribution in [2.24, 2.45) is 11.5 Å². The minimum Gasteiger partial charge on any atom is -0.469 e. The van der Waals surface area contributed by atoms with Crippen LogP contribution in [-0.2, 0) is 9.47 Å². The third-order valence-electron chi connectivity index (χ3n) is 0.779. The van der Waals surface area contributed by atoms with Gasteiger partial charge in [-0.25, -0.2) is 4.79 Å². The van der Waals surface area contributed by atoms with E-state index in [0.29, 0.717) is 5.95 Å². The summed E-state index contributed by atoms with van der Waals surface area (Å²) in [4.78, 5) is 9.00. The molecule has 2 amide bonds. The van der Waals surface area contributed by atoms with E-state index in [1.165, 1.54) is 0 Å². The molecule has 5 heteroatoms. The van der Waals surface area contributed by atoms with Gasteiger partial charge in [0.25, 0.3) is 5.95 Å². The van der Waals surface area contributed by atoms with E-state index in [1.54, 1.807) is 14.2 Å². The summed E-state index contributed by atoms with van der Waals surface area (Å²) in [6, 6.07) is -0.833. The molecule has 0 aliphatic rings. The summed E-state index contributed by atoms with van der Waals surface area (Å²) in [5.74, 6) is 0.602. The molecule has 0 fully saturated rings. The maximum atomic E-state index is 9.00. The molecule has 0 spiro atoms. The second kappa shape index (κ2) is 7.71. The van der Waals surface area contributed by atoms with Gasteiger partial charge in [0.05, 0.1) is 14.2 Å². The van der Waals surface area contributed by atoms with Crippen molar-refractivity contribution in [1.82, 2.24) is 0 Å². The Morgan fingerprint density at radius 1 is 1.08 bits per heavy atom. The number of hydrogen-bond donors (Lipinski definition) is 2. The molecule has 0 unspecified atom stereocenters. The molecule has 0 radical (unpaired) electrons. The van der Waals surface area contributed by atoms with Gasteiger partial charge in [0.15, 0.2) is 0 Å². The van der Waals surface area contributed by atoms with Gasteiger partial charge in [0.1, 0.15) is 0 Å². The molecule has 0 bridgehead atoms. The van der Waals surface area contributed by atoms with Crippen molar-refractivity contribution in [3.8, 4) is 0 Å². The Hall–Kier alpha value is -1.39. The monoisotopic (exact) mass is 176 g/mol. The van der Waals surface area contributed by atoms with Gasteiger partial charge in [-0.1, -0.05) is 0 Å². The summed E-state index contributed by atoms with van der Waals surface area (Å²) in [7, 11) is 3.18. The average Bonchev–Trinajstić information content (AvgIpc) is 1.87. The lowest BCUT2D eigenvalue weighted by molar-refractivity contribution is 0.0910. The number of carbonyl (C=O) groups is 1. The molecule has 0 aliphatic carbocycles. The number of methoxy groups -OCH3 is 2. The van der Waals surface area contributed by atoms with Gasteiger partial charge in [0, 0.05) is 5.57 Å². The molecule has 0 aliphatic heterocycles. The largest absolute Gasteiger partial charge is 0.469 e. The number of carbonyl (C=O) groups excluding carboxylic acids is 1. The summed E-state index contributed by atoms with van der Waals surface area (Å²) < 4.78 is 9.64. The van der Waals surface area contributed by atoms with Crippen molar-refractivity contribution in [3.05, 3.63) is 11.5 Å². The number of nitrogens with two attached hydrogens (primary N) is 2. The molecule has 5 nitrogen and oxygen atoms in total. The molecule has 4 N–H and O–H groups in total. The van der Waals surface area contributed by atoms with Gasteiger partial charge >= 0.3 is 6.03 Å². The first-order valence-electron chi connectivity index (χ1n) is 3.26. The Morgan fingerprint density at radius 2 is 1.33 bits per heavy atom. The van der Waals surface area contributed by atoms with Crippen LogP contribution in [0.25, 0.3) is 0 Å². The van der Waals surface area contributed by atoms with E-state index in [4.69, 9.17) is 14.3 Å². The molecular weight excluding hydrogens is 160 g/mol. The number of hydrogen-bond acceptors (Lipinski definition) is 3. The van der Waals surface area contributed by atoms with Crippen LogP contribution in [0.5, 0.6) is 0 Å². The SMILES string of the molecule is COC(OC)=C(C)C.NC(N)=O. The predicted octanol–water partition coefficient (Wildman–Crippen LogP) is 0.554. The second-order valence-corrected chi connectivity index (χ2v) is 2.10. The molecule has 0 saturated carbocycles. The molecule has 0 aromatic carbocycles. The van der Waals surface area contributed by atoms with E-state index in [0.717, 1.165) is 5.57 Å². The number of rotatable bonds is 2. The van der Waals surface area contributed by atoms with Gasteiger partial charge in [-0.15, -0.1) is 0 Å². The molecule has 72 valence electrons. The van der Waals surface area contributed by atoms with Crippen LogP contribution in [0.4, 0.5) is 4.79 Å². The number of ether oxygens (including phenoxy) is 2. The number of amides is 2. The fourth-order valence-corrected chi connectivity index (χ4v) is 0.492. The summed E-state index contributed by atoms with van der Waals surface area (Å²) in [6.07, 6.45) is 0. The van der Waals surface area contributed by atoms with Crippen LogP contribution in [0.3, 0.4) is 0 Å². The minimum absolute atomic E-state index is 0.602. The lowest BCUT2D eigenvalue weighted by Gasteiger charge is -2.03. The fraction of sp³-hybridized carbons (Fsp3) is 0.571. The molecule has 12 heavy (non-hydrogen) atoms. The second-order valence-electron chi connectivity index (χ2n) is 2.10. The molecule has 0 atom stereocenters. The maximum Gasteiger partial charge on any atom is 0.309 e. The predicted molar refractivity (Wildman–Crippen MR) is 46.2 cm³/mol. The first-order valence-corrected chi connectivity index (χ1v) is 3.26. The van der Waals surface area contributed by atoms with E-state index in [-0.39, 0.29) is 0 Å². The molecular formula is C7H16N2O3. The van der Waals surface area contributed by atoms with Crippen molar-refractivity contribution in [2.75, 3.05) is 14.2 Å². The highest BCUT2D eigenvalue weighted by molar-refractivity contribution is 5.69. The first-order chi connectivity index (χ1) is 5.45. The molecule has 0 saturated heterocycles. The topological polar surface area (TPSA) is 87.6 Å². The molecule has 0 rings (SSSR count). The highest BCUT2D eigenvalue weighted by Crippen LogP contribution is 2.02. The zero-order chi connectivity index (χ0) is 10.1. The van der Waals surface area contributed by atoms with E-state index < -0.39 is 6.03 Å². The Kier molecular flexibility index (Phi) is 8.50. The highest BCUT2D eigenvalue weighted by atomic mass is 16.7. The molecule has 0 aromatic heterocycles. The van der Waals surface area contributed by atoms with Crippen LogP contribution >= 0.6 is 0 Å².